The van der Waals surface area contributed by atoms with Crippen LogP contribution in [0.25, 0.3) is 0 Å². The molecule has 0 unspecified atom stereocenters. The summed E-state index contributed by atoms with van der Waals surface area (Å²) in [6, 6.07) is 0. The van der Waals surface area contributed by atoms with Crippen LogP contribution in [0.3, 0.4) is 0 Å². The van der Waals surface area contributed by atoms with Crippen molar-refractivity contribution in [3.05, 3.63) is 0 Å². The summed E-state index contributed by atoms with van der Waals surface area (Å²) >= 11 is 0. The Kier molecular flexibility index (Phi) is 17.0. The van der Waals surface area contributed by atoms with Gasteiger partial charge in [-0.2, -0.15) is 6.32 Å². The Morgan fingerprint density at radius 1 is 1.14 bits per heavy atom. The van der Waals surface area contributed by atoms with Gasteiger partial charge >= 0.3 is 41.5 Å². The fourth-order valence-corrected chi connectivity index (χ4v) is 0.117. The Morgan fingerprint density at radius 2 is 1.36 bits per heavy atom. The van der Waals surface area contributed by atoms with Crippen molar-refractivity contribution in [2.24, 2.45) is 0 Å². The number of hydrogen-bond donors (Lipinski definition) is 1. The van der Waals surface area contributed by atoms with E-state index in [-0.39, 0.29) is 35.9 Å². The van der Waals surface area contributed by atoms with Crippen LogP contribution >= 0.6 is 0 Å². The van der Waals surface area contributed by atoms with Gasteiger partial charge in [0.15, 0.2) is 0 Å². The van der Waals surface area contributed by atoms with E-state index < -0.39 is 17.9 Å². The Morgan fingerprint density at radius 3 is 1.43 bits per heavy atom. The van der Waals surface area contributed by atoms with Crippen molar-refractivity contribution in [1.82, 2.24) is 0 Å². The molecule has 0 bridgehead atoms. The number of hydrogen-bond acceptors (Lipinski definition) is 5. The van der Waals surface area contributed by atoms with Gasteiger partial charge in [-0.15, -0.1) is 0 Å². The molecule has 0 saturated heterocycles. The van der Waals surface area contributed by atoms with Gasteiger partial charge in [0.1, 0.15) is 0 Å². The topological polar surface area (TPSA) is 89.9 Å². The van der Waals surface area contributed by atoms with Crippen molar-refractivity contribution in [3.63, 3.8) is 0 Å². The molecule has 0 rings (SSSR count). The van der Waals surface area contributed by atoms with Crippen molar-refractivity contribution < 1.29 is 58.8 Å². The number of carbonyl (C=O) groups is 3. The molecule has 0 aliphatic carbocycles. The summed E-state index contributed by atoms with van der Waals surface area (Å²) in [5, 5.41) is 7.60. The molecule has 0 aromatic rings. The second-order valence-electron chi connectivity index (χ2n) is 1.75. The van der Waals surface area contributed by atoms with Crippen LogP contribution in [0.15, 0.2) is 0 Å². The molecule has 0 aliphatic heterocycles. The molecule has 1 N–H and O–H groups in total. The molecule has 0 aromatic heterocycles. The van der Waals surface area contributed by atoms with E-state index in [2.05, 4.69) is 17.6 Å². The van der Waals surface area contributed by atoms with E-state index in [1.807, 2.05) is 0 Å². The average Bonchev–Trinajstić information content (AvgIpc) is 2.02. The zero-order valence-corrected chi connectivity index (χ0v) is 10.3. The van der Waals surface area contributed by atoms with Crippen LogP contribution in [-0.4, -0.2) is 30.9 Å². The summed E-state index contributed by atoms with van der Waals surface area (Å²) in [6.45, 7) is 2.28. The Hall–Kier alpha value is -0.525. The summed E-state index contributed by atoms with van der Waals surface area (Å²) in [5.41, 5.74) is 0. The average molecular weight is 211 g/mol. The normalized spacial score (nSPS) is 7.07. The van der Waals surface area contributed by atoms with Gasteiger partial charge in [-0.25, -0.2) is 19.4 Å². The molecule has 73 valence electrons. The van der Waals surface area contributed by atoms with Crippen molar-refractivity contribution in [3.8, 4) is 0 Å². The number of rotatable bonds is 1. The molecule has 0 aromatic carbocycles. The van der Waals surface area contributed by atoms with E-state index in [9.17, 15) is 14.4 Å². The Labute approximate surface area is 105 Å². The van der Waals surface area contributed by atoms with Gasteiger partial charge in [-0.05, 0) is 0 Å². The van der Waals surface area contributed by atoms with Crippen LogP contribution in [0.5, 0.6) is 0 Å². The van der Waals surface area contributed by atoms with E-state index in [1.165, 1.54) is 0 Å². The van der Waals surface area contributed by atoms with E-state index in [0.717, 1.165) is 13.8 Å². The largest absolute Gasteiger partial charge is 1.00 e. The fraction of sp³-hybridized carbons (Fsp3) is 0.500. The van der Waals surface area contributed by atoms with E-state index >= 15 is 0 Å². The van der Waals surface area contributed by atoms with E-state index in [1.54, 1.807) is 0 Å². The third kappa shape index (κ3) is 30.0. The van der Waals surface area contributed by atoms with Crippen LogP contribution < -0.4 is 29.6 Å². The summed E-state index contributed by atoms with van der Waals surface area (Å²) in [7, 11) is 4.57. The maximum atomic E-state index is 9.85. The van der Waals surface area contributed by atoms with Crippen LogP contribution in [0.2, 0.25) is 6.32 Å². The smallest absolute Gasteiger partial charge is 0.611 e. The number of aliphatic carboxylic acids is 1. The third-order valence-corrected chi connectivity index (χ3v) is 0.451. The first-order valence-electron chi connectivity index (χ1n) is 3.17. The van der Waals surface area contributed by atoms with Gasteiger partial charge in [0.05, 0.1) is 0 Å². The molecule has 3 radical (unpaired) electrons. The summed E-state index contributed by atoms with van der Waals surface area (Å²) in [4.78, 5) is 36.6. The zero-order valence-electron chi connectivity index (χ0n) is 8.27. The predicted octanol–water partition coefficient (Wildman–Crippen LogP) is -3.31. The maximum Gasteiger partial charge on any atom is 1.00 e. The van der Waals surface area contributed by atoms with Gasteiger partial charge in [0.2, 0.25) is 0 Å². The summed E-state index contributed by atoms with van der Waals surface area (Å²) in [5.74, 6) is -2.24. The molecule has 0 fully saturated rings. The second kappa shape index (κ2) is 12.5. The summed E-state index contributed by atoms with van der Waals surface area (Å²) in [6.07, 6.45) is -0.278. The van der Waals surface area contributed by atoms with Crippen LogP contribution in [0.1, 0.15) is 13.8 Å². The molecule has 6 nitrogen and oxygen atoms in total. The van der Waals surface area contributed by atoms with Crippen molar-refractivity contribution in [2.75, 3.05) is 0 Å². The van der Waals surface area contributed by atoms with Gasteiger partial charge in [-0.1, -0.05) is 0 Å². The quantitative estimate of drug-likeness (QED) is 0.277. The van der Waals surface area contributed by atoms with Gasteiger partial charge in [0.25, 0.3) is 5.97 Å². The minimum atomic E-state index is -0.968. The van der Waals surface area contributed by atoms with Gasteiger partial charge < -0.3 is 13.0 Å². The number of carboxylic acid groups (broad SMARTS) is 1. The SMILES string of the molecule is CC(=O)OOC(C)=O.[B-]CC(=O)O.[Na+]. The molecule has 14 heavy (non-hydrogen) atoms. The predicted molar refractivity (Wildman–Crippen MR) is 41.7 cm³/mol. The summed E-state index contributed by atoms with van der Waals surface area (Å²) < 4.78 is 0. The fourth-order valence-electron chi connectivity index (χ4n) is 0.117. The Balaban J connectivity index is -0.000000177. The van der Waals surface area contributed by atoms with Crippen LogP contribution in [-0.2, 0) is 24.2 Å². The second-order valence-corrected chi connectivity index (χ2v) is 1.75. The molecule has 0 saturated carbocycles. The van der Waals surface area contributed by atoms with Crippen molar-refractivity contribution in [1.29, 1.82) is 0 Å². The van der Waals surface area contributed by atoms with Crippen LogP contribution in [0, 0.1) is 0 Å². The molecule has 0 amide bonds. The first-order valence-corrected chi connectivity index (χ1v) is 3.17. The molecular weight excluding hydrogens is 202 g/mol. The molecular formula is C6H9BNaO6. The van der Waals surface area contributed by atoms with E-state index in [0.29, 0.717) is 0 Å². The van der Waals surface area contributed by atoms with Gasteiger partial charge in [0, 0.05) is 13.8 Å². The number of carbonyl (C=O) groups excluding carboxylic acids is 2. The maximum absolute atomic E-state index is 9.85. The molecule has 0 spiro atoms. The minimum Gasteiger partial charge on any atom is -0.611 e. The standard InChI is InChI=1S/C4H6O4.C2H3BO2.Na/c1-3(5)7-8-4(2)6;3-1-2(4)5;/h1-2H3;1H2,(H,4,5);/q;-1;+1. The van der Waals surface area contributed by atoms with Crippen molar-refractivity contribution in [2.45, 2.75) is 20.2 Å². The zero-order chi connectivity index (χ0) is 10.9. The molecule has 0 heterocycles. The molecule has 0 atom stereocenters. The third-order valence-electron chi connectivity index (χ3n) is 0.451. The minimum absolute atomic E-state index is 0. The number of carboxylic acids is 1. The van der Waals surface area contributed by atoms with Crippen LogP contribution in [0.4, 0.5) is 0 Å². The monoisotopic (exact) mass is 211 g/mol. The molecule has 8 heteroatoms. The molecule has 0 aliphatic rings. The van der Waals surface area contributed by atoms with Gasteiger partial charge in [-0.3, -0.25) is 4.79 Å². The first-order chi connectivity index (χ1) is 5.90. The van der Waals surface area contributed by atoms with Crippen molar-refractivity contribution >= 4 is 25.8 Å². The first kappa shape index (κ1) is 19.1. The van der Waals surface area contributed by atoms with E-state index in [4.69, 9.17) is 5.11 Å². The Bertz CT molecular complexity index is 181.